The maximum absolute atomic E-state index is 12.2. The van der Waals surface area contributed by atoms with Crippen molar-refractivity contribution >= 4 is 41.3 Å². The molecule has 0 saturated carbocycles. The molecule has 2 N–H and O–H groups in total. The predicted octanol–water partition coefficient (Wildman–Crippen LogP) is 4.21. The number of rotatable bonds is 6. The fourth-order valence-corrected chi connectivity index (χ4v) is 2.85. The third kappa shape index (κ3) is 6.26. The van der Waals surface area contributed by atoms with E-state index in [-0.39, 0.29) is 5.56 Å². The van der Waals surface area contributed by atoms with Crippen molar-refractivity contribution in [2.24, 2.45) is 5.10 Å². The van der Waals surface area contributed by atoms with Crippen LogP contribution in [0.1, 0.15) is 28.4 Å². The number of anilines is 1. The number of carbonyl (C=O) groups is 3. The van der Waals surface area contributed by atoms with Gasteiger partial charge in [0.25, 0.3) is 0 Å². The van der Waals surface area contributed by atoms with Gasteiger partial charge in [-0.1, -0.05) is 42.8 Å². The number of benzene rings is 3. The summed E-state index contributed by atoms with van der Waals surface area (Å²) in [5.41, 5.74) is 4.70. The highest BCUT2D eigenvalue weighted by Crippen LogP contribution is 2.19. The zero-order chi connectivity index (χ0) is 22.9. The van der Waals surface area contributed by atoms with Crippen molar-refractivity contribution in [1.82, 2.24) is 5.43 Å². The van der Waals surface area contributed by atoms with Crippen LogP contribution in [0, 0.1) is 0 Å². The average Bonchev–Trinajstić information content (AvgIpc) is 2.80. The van der Waals surface area contributed by atoms with Crippen LogP contribution in [0.4, 0.5) is 5.69 Å². The number of hydrogen-bond acceptors (Lipinski definition) is 5. The van der Waals surface area contributed by atoms with E-state index >= 15 is 0 Å². The topological polar surface area (TPSA) is 96.9 Å². The number of ether oxygens (including phenoxy) is 1. The normalized spacial score (nSPS) is 10.6. The van der Waals surface area contributed by atoms with Crippen molar-refractivity contribution < 1.29 is 19.1 Å². The molecule has 32 heavy (non-hydrogen) atoms. The van der Waals surface area contributed by atoms with E-state index in [0.29, 0.717) is 22.0 Å². The summed E-state index contributed by atoms with van der Waals surface area (Å²) in [6.45, 7) is 2.03. The van der Waals surface area contributed by atoms with Gasteiger partial charge in [0.05, 0.1) is 16.8 Å². The molecule has 3 aromatic carbocycles. The molecule has 0 aliphatic rings. The number of amides is 2. The summed E-state index contributed by atoms with van der Waals surface area (Å²) in [7, 11) is 0. The summed E-state index contributed by atoms with van der Waals surface area (Å²) >= 11 is 5.99. The van der Waals surface area contributed by atoms with Gasteiger partial charge in [-0.2, -0.15) is 5.10 Å². The fourth-order valence-electron chi connectivity index (χ4n) is 2.64. The van der Waals surface area contributed by atoms with E-state index in [0.717, 1.165) is 12.0 Å². The minimum atomic E-state index is -0.897. The Morgan fingerprint density at radius 2 is 1.62 bits per heavy atom. The molecule has 2 amide bonds. The lowest BCUT2D eigenvalue weighted by Crippen LogP contribution is -2.32. The van der Waals surface area contributed by atoms with Gasteiger partial charge in [0, 0.05) is 5.69 Å². The van der Waals surface area contributed by atoms with Crippen LogP contribution in [0.3, 0.4) is 0 Å². The molecule has 3 aromatic rings. The highest BCUT2D eigenvalue weighted by molar-refractivity contribution is 6.39. The van der Waals surface area contributed by atoms with E-state index in [1.54, 1.807) is 60.7 Å². The Bertz CT molecular complexity index is 1140. The molecular formula is C24H20ClN3O4. The van der Waals surface area contributed by atoms with E-state index in [9.17, 15) is 14.4 Å². The molecule has 0 aliphatic heterocycles. The van der Waals surface area contributed by atoms with E-state index in [2.05, 4.69) is 15.8 Å². The van der Waals surface area contributed by atoms with Crippen LogP contribution in [-0.4, -0.2) is 24.0 Å². The van der Waals surface area contributed by atoms with Crippen molar-refractivity contribution in [3.63, 3.8) is 0 Å². The number of carbonyl (C=O) groups excluding carboxylic acids is 3. The van der Waals surface area contributed by atoms with Gasteiger partial charge >= 0.3 is 17.8 Å². The smallest absolute Gasteiger partial charge is 0.345 e. The average molecular weight is 450 g/mol. The first-order valence-corrected chi connectivity index (χ1v) is 10.1. The zero-order valence-corrected chi connectivity index (χ0v) is 17.9. The van der Waals surface area contributed by atoms with Crippen LogP contribution in [0.25, 0.3) is 0 Å². The van der Waals surface area contributed by atoms with Gasteiger partial charge in [-0.25, -0.2) is 10.2 Å². The third-order valence-electron chi connectivity index (χ3n) is 4.39. The molecule has 0 atom stereocenters. The van der Waals surface area contributed by atoms with Gasteiger partial charge in [0.15, 0.2) is 0 Å². The molecule has 0 spiro atoms. The number of esters is 1. The summed E-state index contributed by atoms with van der Waals surface area (Å²) in [5, 5.41) is 6.58. The van der Waals surface area contributed by atoms with Gasteiger partial charge in [0.1, 0.15) is 5.75 Å². The lowest BCUT2D eigenvalue weighted by atomic mass is 10.1. The van der Waals surface area contributed by atoms with Crippen LogP contribution in [0.15, 0.2) is 77.9 Å². The molecule has 7 nitrogen and oxygen atoms in total. The van der Waals surface area contributed by atoms with Gasteiger partial charge in [0.2, 0.25) is 0 Å². The second-order valence-electron chi connectivity index (χ2n) is 6.64. The van der Waals surface area contributed by atoms with E-state index in [1.165, 1.54) is 6.21 Å². The molecule has 8 heteroatoms. The molecule has 0 radical (unpaired) electrons. The van der Waals surface area contributed by atoms with Crippen molar-refractivity contribution in [3.8, 4) is 5.75 Å². The van der Waals surface area contributed by atoms with Crippen molar-refractivity contribution in [1.29, 1.82) is 0 Å². The molecule has 0 aromatic heterocycles. The number of halogens is 1. The number of aryl methyl sites for hydroxylation is 1. The summed E-state index contributed by atoms with van der Waals surface area (Å²) in [4.78, 5) is 36.0. The SMILES string of the molecule is CCc1ccc(NC(=O)C(=O)N/N=C\c2ccc(OC(=O)c3ccccc3Cl)cc2)cc1. The van der Waals surface area contributed by atoms with Gasteiger partial charge < -0.3 is 10.1 Å². The lowest BCUT2D eigenvalue weighted by molar-refractivity contribution is -0.136. The molecule has 162 valence electrons. The van der Waals surface area contributed by atoms with E-state index in [1.807, 2.05) is 19.1 Å². The second-order valence-corrected chi connectivity index (χ2v) is 7.05. The van der Waals surface area contributed by atoms with Crippen LogP contribution in [0.5, 0.6) is 5.75 Å². The summed E-state index contributed by atoms with van der Waals surface area (Å²) in [5.74, 6) is -1.97. The maximum atomic E-state index is 12.2. The molecule has 3 rings (SSSR count). The second kappa shape index (κ2) is 10.9. The predicted molar refractivity (Wildman–Crippen MR) is 123 cm³/mol. The molecule has 0 aliphatic carbocycles. The van der Waals surface area contributed by atoms with Crippen LogP contribution in [0.2, 0.25) is 5.02 Å². The van der Waals surface area contributed by atoms with Gasteiger partial charge in [-0.05, 0) is 66.1 Å². The first-order chi connectivity index (χ1) is 15.5. The summed E-state index contributed by atoms with van der Waals surface area (Å²) in [6.07, 6.45) is 2.25. The Morgan fingerprint density at radius 1 is 0.938 bits per heavy atom. The van der Waals surface area contributed by atoms with Crippen LogP contribution < -0.4 is 15.5 Å². The molecule has 0 fully saturated rings. The molecule has 0 saturated heterocycles. The van der Waals surface area contributed by atoms with Crippen LogP contribution in [-0.2, 0) is 16.0 Å². The monoisotopic (exact) mass is 449 g/mol. The summed E-state index contributed by atoms with van der Waals surface area (Å²) in [6, 6.07) is 20.2. The highest BCUT2D eigenvalue weighted by atomic mass is 35.5. The molecule has 0 heterocycles. The Labute approximate surface area is 190 Å². The van der Waals surface area contributed by atoms with Crippen molar-refractivity contribution in [2.75, 3.05) is 5.32 Å². The van der Waals surface area contributed by atoms with Crippen LogP contribution >= 0.6 is 11.6 Å². The highest BCUT2D eigenvalue weighted by Gasteiger charge is 2.13. The first kappa shape index (κ1) is 22.7. The zero-order valence-electron chi connectivity index (χ0n) is 17.2. The number of nitrogens with one attached hydrogen (secondary N) is 2. The maximum Gasteiger partial charge on any atom is 0.345 e. The fraction of sp³-hybridized carbons (Fsp3) is 0.0833. The number of nitrogens with zero attached hydrogens (tertiary/aromatic N) is 1. The van der Waals surface area contributed by atoms with Gasteiger partial charge in [-0.15, -0.1) is 0 Å². The Balaban J connectivity index is 1.50. The molecular weight excluding hydrogens is 430 g/mol. The Morgan fingerprint density at radius 3 is 2.28 bits per heavy atom. The lowest BCUT2D eigenvalue weighted by Gasteiger charge is -2.06. The largest absolute Gasteiger partial charge is 0.423 e. The standard InChI is InChI=1S/C24H20ClN3O4/c1-2-16-7-11-18(12-8-16)27-22(29)23(30)28-26-15-17-9-13-19(14-10-17)32-24(31)20-5-3-4-6-21(20)25/h3-15H,2H2,1H3,(H,27,29)(H,28,30)/b26-15-. The van der Waals surface area contributed by atoms with E-state index in [4.69, 9.17) is 16.3 Å². The first-order valence-electron chi connectivity index (χ1n) is 9.76. The number of hydrogen-bond donors (Lipinski definition) is 2. The molecule has 0 unspecified atom stereocenters. The minimum Gasteiger partial charge on any atom is -0.423 e. The number of hydrazone groups is 1. The molecule has 0 bridgehead atoms. The van der Waals surface area contributed by atoms with E-state index < -0.39 is 17.8 Å². The van der Waals surface area contributed by atoms with Gasteiger partial charge in [-0.3, -0.25) is 9.59 Å². The minimum absolute atomic E-state index is 0.266. The quantitative estimate of drug-likeness (QED) is 0.194. The Hall–Kier alpha value is -3.97. The van der Waals surface area contributed by atoms with Crippen molar-refractivity contribution in [2.45, 2.75) is 13.3 Å². The Kier molecular flexibility index (Phi) is 7.72. The third-order valence-corrected chi connectivity index (χ3v) is 4.72. The van der Waals surface area contributed by atoms with Crippen molar-refractivity contribution in [3.05, 3.63) is 94.5 Å². The summed E-state index contributed by atoms with van der Waals surface area (Å²) < 4.78 is 5.29.